The molecule has 0 bridgehead atoms. The highest BCUT2D eigenvalue weighted by Gasteiger charge is 2.15. The number of nitro benzene ring substituents is 1. The van der Waals surface area contributed by atoms with Crippen LogP contribution >= 0.6 is 23.2 Å². The molecular formula is C18H18Cl2N2O4. The molecule has 2 aromatic carbocycles. The number of unbranched alkanes of at least 4 members (excludes halogenated alkanes) is 2. The van der Waals surface area contributed by atoms with Crippen LogP contribution in [0.1, 0.15) is 36.5 Å². The van der Waals surface area contributed by atoms with E-state index in [0.717, 1.165) is 19.3 Å². The van der Waals surface area contributed by atoms with Gasteiger partial charge >= 0.3 is 0 Å². The van der Waals surface area contributed by atoms with E-state index in [0.29, 0.717) is 18.0 Å². The zero-order chi connectivity index (χ0) is 19.1. The van der Waals surface area contributed by atoms with E-state index < -0.39 is 10.8 Å². The van der Waals surface area contributed by atoms with E-state index in [1.165, 1.54) is 36.4 Å². The summed E-state index contributed by atoms with van der Waals surface area (Å²) in [5, 5.41) is 13.8. The summed E-state index contributed by atoms with van der Waals surface area (Å²) in [7, 11) is 0. The maximum Gasteiger partial charge on any atom is 0.269 e. The standard InChI is InChI=1S/C18H18Cl2N2O4/c1-2-3-4-9-26-17-15(19)10-12(11-16(17)20)18(23)21-13-5-7-14(8-6-13)22(24)25/h5-8,10-11H,2-4,9H2,1H3,(H,21,23). The Morgan fingerprint density at radius 2 is 1.77 bits per heavy atom. The molecule has 2 rings (SSSR count). The van der Waals surface area contributed by atoms with Crippen molar-refractivity contribution in [1.29, 1.82) is 0 Å². The normalized spacial score (nSPS) is 10.4. The number of hydrogen-bond acceptors (Lipinski definition) is 4. The molecule has 0 aliphatic rings. The molecule has 0 saturated carbocycles. The first-order valence-electron chi connectivity index (χ1n) is 8.10. The van der Waals surface area contributed by atoms with Gasteiger partial charge in [0.25, 0.3) is 11.6 Å². The van der Waals surface area contributed by atoms with E-state index in [-0.39, 0.29) is 21.3 Å². The molecule has 26 heavy (non-hydrogen) atoms. The minimum Gasteiger partial charge on any atom is -0.490 e. The van der Waals surface area contributed by atoms with Crippen molar-refractivity contribution < 1.29 is 14.5 Å². The Balaban J connectivity index is 2.08. The van der Waals surface area contributed by atoms with Crippen LogP contribution in [0.5, 0.6) is 5.75 Å². The Morgan fingerprint density at radius 3 is 2.31 bits per heavy atom. The number of anilines is 1. The van der Waals surface area contributed by atoms with Gasteiger partial charge in [-0.3, -0.25) is 14.9 Å². The summed E-state index contributed by atoms with van der Waals surface area (Å²) >= 11 is 12.4. The summed E-state index contributed by atoms with van der Waals surface area (Å²) < 4.78 is 5.60. The topological polar surface area (TPSA) is 81.5 Å². The number of ether oxygens (including phenoxy) is 1. The molecule has 0 aliphatic carbocycles. The Kier molecular flexibility index (Phi) is 7.24. The molecule has 0 spiro atoms. The number of hydrogen-bond donors (Lipinski definition) is 1. The number of nitrogens with one attached hydrogen (secondary N) is 1. The zero-order valence-corrected chi connectivity index (χ0v) is 15.6. The number of non-ortho nitro benzene ring substituents is 1. The zero-order valence-electron chi connectivity index (χ0n) is 14.1. The second-order valence-electron chi connectivity index (χ2n) is 5.58. The molecule has 0 saturated heterocycles. The van der Waals surface area contributed by atoms with E-state index in [1.54, 1.807) is 0 Å². The lowest BCUT2D eigenvalue weighted by Crippen LogP contribution is -2.12. The highest BCUT2D eigenvalue weighted by atomic mass is 35.5. The smallest absolute Gasteiger partial charge is 0.269 e. The predicted molar refractivity (Wildman–Crippen MR) is 103 cm³/mol. The fraction of sp³-hybridized carbons (Fsp3) is 0.278. The van der Waals surface area contributed by atoms with Crippen LogP contribution in [0.3, 0.4) is 0 Å². The second-order valence-corrected chi connectivity index (χ2v) is 6.40. The first-order chi connectivity index (χ1) is 12.4. The lowest BCUT2D eigenvalue weighted by atomic mass is 10.2. The highest BCUT2D eigenvalue weighted by Crippen LogP contribution is 2.34. The van der Waals surface area contributed by atoms with Crippen molar-refractivity contribution in [2.45, 2.75) is 26.2 Å². The molecule has 0 heterocycles. The largest absolute Gasteiger partial charge is 0.490 e. The van der Waals surface area contributed by atoms with E-state index >= 15 is 0 Å². The monoisotopic (exact) mass is 396 g/mol. The summed E-state index contributed by atoms with van der Waals surface area (Å²) in [6, 6.07) is 8.47. The molecule has 138 valence electrons. The number of carbonyl (C=O) groups is 1. The first kappa shape index (κ1) is 20.0. The van der Waals surface area contributed by atoms with Gasteiger partial charge in [-0.05, 0) is 30.7 Å². The summed E-state index contributed by atoms with van der Waals surface area (Å²) in [6.07, 6.45) is 3.02. The Morgan fingerprint density at radius 1 is 1.15 bits per heavy atom. The molecule has 0 aliphatic heterocycles. The van der Waals surface area contributed by atoms with Gasteiger partial charge in [-0.2, -0.15) is 0 Å². The second kappa shape index (κ2) is 9.40. The highest BCUT2D eigenvalue weighted by molar-refractivity contribution is 6.37. The number of halogens is 2. The van der Waals surface area contributed by atoms with Gasteiger partial charge in [-0.15, -0.1) is 0 Å². The minimum atomic E-state index is -0.510. The van der Waals surface area contributed by atoms with Gasteiger partial charge in [-0.1, -0.05) is 43.0 Å². The van der Waals surface area contributed by atoms with Crippen LogP contribution in [0.15, 0.2) is 36.4 Å². The average Bonchev–Trinajstić information content (AvgIpc) is 2.60. The van der Waals surface area contributed by atoms with E-state index in [9.17, 15) is 14.9 Å². The number of nitro groups is 1. The van der Waals surface area contributed by atoms with Gasteiger partial charge < -0.3 is 10.1 Å². The van der Waals surface area contributed by atoms with Crippen LogP contribution in [0.25, 0.3) is 0 Å². The summed E-state index contributed by atoms with van der Waals surface area (Å²) in [5.41, 5.74) is 0.630. The molecule has 0 atom stereocenters. The summed E-state index contributed by atoms with van der Waals surface area (Å²) in [6.45, 7) is 2.60. The number of rotatable bonds is 8. The molecule has 0 unspecified atom stereocenters. The number of nitrogens with zero attached hydrogens (tertiary/aromatic N) is 1. The third kappa shape index (κ3) is 5.34. The fourth-order valence-electron chi connectivity index (χ4n) is 2.22. The number of carbonyl (C=O) groups excluding carboxylic acids is 1. The quantitative estimate of drug-likeness (QED) is 0.351. The minimum absolute atomic E-state index is 0.0568. The summed E-state index contributed by atoms with van der Waals surface area (Å²) in [5.74, 6) is -0.0727. The van der Waals surface area contributed by atoms with Crippen molar-refractivity contribution in [2.75, 3.05) is 11.9 Å². The van der Waals surface area contributed by atoms with Crippen LogP contribution in [0.2, 0.25) is 10.0 Å². The van der Waals surface area contributed by atoms with Gasteiger partial charge in [0.2, 0.25) is 0 Å². The van der Waals surface area contributed by atoms with Crippen LogP contribution in [0, 0.1) is 10.1 Å². The Labute approximate surface area is 161 Å². The Bertz CT molecular complexity index is 771. The third-order valence-corrected chi connectivity index (χ3v) is 4.15. The molecular weight excluding hydrogens is 379 g/mol. The SMILES string of the molecule is CCCCCOc1c(Cl)cc(C(=O)Nc2ccc([N+](=O)[O-])cc2)cc1Cl. The molecule has 2 aromatic rings. The number of benzene rings is 2. The van der Waals surface area contributed by atoms with Gasteiger partial charge in [0.15, 0.2) is 5.75 Å². The van der Waals surface area contributed by atoms with Crippen LogP contribution in [-0.4, -0.2) is 17.4 Å². The van der Waals surface area contributed by atoms with Gasteiger partial charge in [-0.25, -0.2) is 0 Å². The lowest BCUT2D eigenvalue weighted by Gasteiger charge is -2.12. The fourth-order valence-corrected chi connectivity index (χ4v) is 2.82. The van der Waals surface area contributed by atoms with Crippen molar-refractivity contribution in [2.24, 2.45) is 0 Å². The molecule has 1 amide bonds. The maximum atomic E-state index is 12.3. The van der Waals surface area contributed by atoms with Gasteiger partial charge in [0.05, 0.1) is 21.6 Å². The van der Waals surface area contributed by atoms with E-state index in [1.807, 2.05) is 0 Å². The van der Waals surface area contributed by atoms with Crippen molar-refractivity contribution in [3.8, 4) is 5.75 Å². The van der Waals surface area contributed by atoms with Gasteiger partial charge in [0.1, 0.15) is 0 Å². The maximum absolute atomic E-state index is 12.3. The Hall–Kier alpha value is -2.31. The van der Waals surface area contributed by atoms with Crippen molar-refractivity contribution in [3.05, 3.63) is 62.1 Å². The van der Waals surface area contributed by atoms with Crippen LogP contribution in [0.4, 0.5) is 11.4 Å². The molecule has 1 N–H and O–H groups in total. The molecule has 0 fully saturated rings. The third-order valence-electron chi connectivity index (χ3n) is 3.59. The number of amides is 1. The molecule has 8 heteroatoms. The van der Waals surface area contributed by atoms with Crippen molar-refractivity contribution in [3.63, 3.8) is 0 Å². The first-order valence-corrected chi connectivity index (χ1v) is 8.85. The van der Waals surface area contributed by atoms with Crippen molar-refractivity contribution in [1.82, 2.24) is 0 Å². The van der Waals surface area contributed by atoms with Crippen LogP contribution < -0.4 is 10.1 Å². The molecule has 0 aromatic heterocycles. The summed E-state index contributed by atoms with van der Waals surface area (Å²) in [4.78, 5) is 22.5. The van der Waals surface area contributed by atoms with E-state index in [4.69, 9.17) is 27.9 Å². The lowest BCUT2D eigenvalue weighted by molar-refractivity contribution is -0.384. The predicted octanol–water partition coefficient (Wildman–Crippen LogP) is 5.72. The molecule has 0 radical (unpaired) electrons. The average molecular weight is 397 g/mol. The van der Waals surface area contributed by atoms with E-state index in [2.05, 4.69) is 12.2 Å². The molecule has 6 nitrogen and oxygen atoms in total. The van der Waals surface area contributed by atoms with Crippen molar-refractivity contribution >= 4 is 40.5 Å². The van der Waals surface area contributed by atoms with Gasteiger partial charge in [0, 0.05) is 23.4 Å². The van der Waals surface area contributed by atoms with Crippen LogP contribution in [-0.2, 0) is 0 Å².